The average Bonchev–Trinajstić information content (AvgIpc) is 2.26. The van der Waals surface area contributed by atoms with Crippen molar-refractivity contribution in [2.75, 3.05) is 46.8 Å². The number of rotatable bonds is 11. The van der Waals surface area contributed by atoms with Gasteiger partial charge in [0.05, 0.1) is 45.2 Å². The van der Waals surface area contributed by atoms with Gasteiger partial charge in [0.1, 0.15) is 0 Å². The van der Waals surface area contributed by atoms with Crippen LogP contribution in [0.1, 0.15) is 27.7 Å². The second-order valence-corrected chi connectivity index (χ2v) is 4.82. The van der Waals surface area contributed by atoms with Gasteiger partial charge in [0.25, 0.3) is 0 Å². The molecular formula is C13H28O4. The lowest BCUT2D eigenvalue weighted by Gasteiger charge is -2.29. The van der Waals surface area contributed by atoms with Crippen LogP contribution in [-0.4, -0.2) is 52.4 Å². The van der Waals surface area contributed by atoms with Crippen molar-refractivity contribution < 1.29 is 18.9 Å². The zero-order valence-corrected chi connectivity index (χ0v) is 12.0. The van der Waals surface area contributed by atoms with Gasteiger partial charge < -0.3 is 18.9 Å². The third-order valence-corrected chi connectivity index (χ3v) is 2.90. The molecule has 0 spiro atoms. The van der Waals surface area contributed by atoms with E-state index in [2.05, 4.69) is 27.7 Å². The fourth-order valence-electron chi connectivity index (χ4n) is 0.995. The molecule has 0 aromatic heterocycles. The molecule has 0 aromatic carbocycles. The van der Waals surface area contributed by atoms with E-state index < -0.39 is 0 Å². The highest BCUT2D eigenvalue weighted by molar-refractivity contribution is 4.72. The highest BCUT2D eigenvalue weighted by Gasteiger charge is 2.22. The summed E-state index contributed by atoms with van der Waals surface area (Å²) in [7, 11) is 1.66. The lowest BCUT2D eigenvalue weighted by Crippen LogP contribution is -2.32. The largest absolute Gasteiger partial charge is 0.382 e. The summed E-state index contributed by atoms with van der Waals surface area (Å²) >= 11 is 0. The van der Waals surface area contributed by atoms with Gasteiger partial charge >= 0.3 is 0 Å². The van der Waals surface area contributed by atoms with Gasteiger partial charge in [-0.1, -0.05) is 13.8 Å². The molecule has 0 radical (unpaired) electrons. The highest BCUT2D eigenvalue weighted by Crippen LogP contribution is 2.19. The molecule has 17 heavy (non-hydrogen) atoms. The summed E-state index contributed by atoms with van der Waals surface area (Å²) in [6.45, 7) is 12.2. The monoisotopic (exact) mass is 248 g/mol. The van der Waals surface area contributed by atoms with Crippen molar-refractivity contribution in [1.82, 2.24) is 0 Å². The van der Waals surface area contributed by atoms with Gasteiger partial charge in [0.2, 0.25) is 0 Å². The van der Waals surface area contributed by atoms with E-state index in [1.54, 1.807) is 7.11 Å². The Morgan fingerprint density at radius 2 is 1.29 bits per heavy atom. The molecule has 4 heteroatoms. The van der Waals surface area contributed by atoms with Gasteiger partial charge in [-0.2, -0.15) is 0 Å². The Labute approximate surface area is 106 Å². The van der Waals surface area contributed by atoms with Crippen molar-refractivity contribution >= 4 is 0 Å². The molecule has 0 aromatic rings. The summed E-state index contributed by atoms with van der Waals surface area (Å²) in [5, 5.41) is 0. The Bertz CT molecular complexity index is 169. The van der Waals surface area contributed by atoms with Gasteiger partial charge in [-0.05, 0) is 19.8 Å². The smallest absolute Gasteiger partial charge is 0.0707 e. The number of ether oxygens (including phenoxy) is 4. The molecule has 4 nitrogen and oxygen atoms in total. The van der Waals surface area contributed by atoms with Crippen molar-refractivity contribution in [2.24, 2.45) is 5.92 Å². The van der Waals surface area contributed by atoms with Crippen molar-refractivity contribution in [1.29, 1.82) is 0 Å². The lowest BCUT2D eigenvalue weighted by atomic mass is 9.95. The van der Waals surface area contributed by atoms with Crippen molar-refractivity contribution in [3.8, 4) is 0 Å². The van der Waals surface area contributed by atoms with E-state index in [4.69, 9.17) is 18.9 Å². The Hall–Kier alpha value is -0.160. The maximum atomic E-state index is 5.75. The van der Waals surface area contributed by atoms with Gasteiger partial charge in [-0.3, -0.25) is 0 Å². The molecule has 0 bridgehead atoms. The zero-order valence-electron chi connectivity index (χ0n) is 12.0. The number of methoxy groups -OCH3 is 1. The minimum atomic E-state index is -0.0850. The standard InChI is InChI=1S/C13H28O4/c1-12(2)13(3,4)17-11-10-16-9-8-15-7-6-14-5/h12H,6-11H2,1-5H3. The minimum absolute atomic E-state index is 0.0850. The first-order chi connectivity index (χ1) is 8.00. The van der Waals surface area contributed by atoms with Crippen LogP contribution in [0.2, 0.25) is 0 Å². The maximum absolute atomic E-state index is 5.75. The highest BCUT2D eigenvalue weighted by atomic mass is 16.6. The summed E-state index contributed by atoms with van der Waals surface area (Å²) in [5.41, 5.74) is -0.0850. The fourth-order valence-corrected chi connectivity index (χ4v) is 0.995. The van der Waals surface area contributed by atoms with Crippen LogP contribution >= 0.6 is 0 Å². The van der Waals surface area contributed by atoms with Crippen LogP contribution in [-0.2, 0) is 18.9 Å². The van der Waals surface area contributed by atoms with Gasteiger partial charge in [-0.15, -0.1) is 0 Å². The first-order valence-electron chi connectivity index (χ1n) is 6.29. The van der Waals surface area contributed by atoms with E-state index in [0.29, 0.717) is 45.6 Å². The summed E-state index contributed by atoms with van der Waals surface area (Å²) in [4.78, 5) is 0. The average molecular weight is 248 g/mol. The fraction of sp³-hybridized carbons (Fsp3) is 1.00. The SMILES string of the molecule is COCCOCCOCCOC(C)(C)C(C)C. The molecular weight excluding hydrogens is 220 g/mol. The Balaban J connectivity index is 3.24. The Morgan fingerprint density at radius 3 is 1.76 bits per heavy atom. The summed E-state index contributed by atoms with van der Waals surface area (Å²) < 4.78 is 21.3. The van der Waals surface area contributed by atoms with Crippen molar-refractivity contribution in [2.45, 2.75) is 33.3 Å². The van der Waals surface area contributed by atoms with E-state index in [1.165, 1.54) is 0 Å². The number of hydrogen-bond acceptors (Lipinski definition) is 4. The van der Waals surface area contributed by atoms with Crippen molar-refractivity contribution in [3.63, 3.8) is 0 Å². The Morgan fingerprint density at radius 1 is 0.824 bits per heavy atom. The second kappa shape index (κ2) is 9.83. The van der Waals surface area contributed by atoms with Gasteiger partial charge in [0, 0.05) is 7.11 Å². The first kappa shape index (κ1) is 16.8. The molecule has 104 valence electrons. The molecule has 0 aliphatic carbocycles. The van der Waals surface area contributed by atoms with Gasteiger partial charge in [0.15, 0.2) is 0 Å². The molecule has 0 heterocycles. The normalized spacial score (nSPS) is 12.4. The molecule has 0 unspecified atom stereocenters. The molecule has 0 rings (SSSR count). The topological polar surface area (TPSA) is 36.9 Å². The number of hydrogen-bond donors (Lipinski definition) is 0. The zero-order chi connectivity index (χ0) is 13.1. The van der Waals surface area contributed by atoms with Crippen molar-refractivity contribution in [3.05, 3.63) is 0 Å². The van der Waals surface area contributed by atoms with E-state index >= 15 is 0 Å². The first-order valence-corrected chi connectivity index (χ1v) is 6.29. The van der Waals surface area contributed by atoms with Crippen LogP contribution in [0.5, 0.6) is 0 Å². The molecule has 0 saturated heterocycles. The van der Waals surface area contributed by atoms with Crippen LogP contribution in [0.3, 0.4) is 0 Å². The predicted molar refractivity (Wildman–Crippen MR) is 68.4 cm³/mol. The molecule has 0 saturated carbocycles. The second-order valence-electron chi connectivity index (χ2n) is 4.82. The summed E-state index contributed by atoms with van der Waals surface area (Å²) in [6, 6.07) is 0. The van der Waals surface area contributed by atoms with Crippen LogP contribution in [0, 0.1) is 5.92 Å². The van der Waals surface area contributed by atoms with Gasteiger partial charge in [-0.25, -0.2) is 0 Å². The van der Waals surface area contributed by atoms with E-state index in [9.17, 15) is 0 Å². The maximum Gasteiger partial charge on any atom is 0.0707 e. The quantitative estimate of drug-likeness (QED) is 0.525. The molecule has 0 amide bonds. The lowest BCUT2D eigenvalue weighted by molar-refractivity contribution is -0.0757. The van der Waals surface area contributed by atoms with Crippen LogP contribution in [0.4, 0.5) is 0 Å². The summed E-state index contributed by atoms with van der Waals surface area (Å²) in [5.74, 6) is 0.500. The third-order valence-electron chi connectivity index (χ3n) is 2.90. The third kappa shape index (κ3) is 9.53. The van der Waals surface area contributed by atoms with Crippen LogP contribution < -0.4 is 0 Å². The predicted octanol–water partition coefficient (Wildman–Crippen LogP) is 2.12. The molecule has 0 aliphatic heterocycles. The van der Waals surface area contributed by atoms with Crippen LogP contribution in [0.15, 0.2) is 0 Å². The molecule has 0 atom stereocenters. The summed E-state index contributed by atoms with van der Waals surface area (Å²) in [6.07, 6.45) is 0. The minimum Gasteiger partial charge on any atom is -0.382 e. The van der Waals surface area contributed by atoms with E-state index in [-0.39, 0.29) is 5.60 Å². The molecule has 0 aliphatic rings. The molecule has 0 fully saturated rings. The molecule has 0 N–H and O–H groups in total. The van der Waals surface area contributed by atoms with E-state index in [1.807, 2.05) is 0 Å². The Kier molecular flexibility index (Phi) is 9.74. The van der Waals surface area contributed by atoms with Crippen LogP contribution in [0.25, 0.3) is 0 Å². The van der Waals surface area contributed by atoms with E-state index in [0.717, 1.165) is 0 Å².